The summed E-state index contributed by atoms with van der Waals surface area (Å²) in [6.07, 6.45) is 1.33. The van der Waals surface area contributed by atoms with Gasteiger partial charge in [0.1, 0.15) is 5.75 Å². The van der Waals surface area contributed by atoms with Crippen molar-refractivity contribution >= 4 is 17.8 Å². The van der Waals surface area contributed by atoms with Crippen molar-refractivity contribution in [3.63, 3.8) is 0 Å². The second-order valence-corrected chi connectivity index (χ2v) is 6.92. The van der Waals surface area contributed by atoms with Gasteiger partial charge in [-0.25, -0.2) is 5.43 Å². The Hall–Kier alpha value is -3.22. The molecule has 0 atom stereocenters. The number of hydrogen-bond donors (Lipinski definition) is 2. The average Bonchev–Trinajstić information content (AvgIpc) is 2.56. The summed E-state index contributed by atoms with van der Waals surface area (Å²) in [7, 11) is 0. The Balaban J connectivity index is 1.97. The fourth-order valence-corrected chi connectivity index (χ4v) is 2.28. The molecule has 0 radical (unpaired) electrons. The lowest BCUT2D eigenvalue weighted by molar-refractivity contribution is -0.384. The van der Waals surface area contributed by atoms with Gasteiger partial charge in [-0.2, -0.15) is 5.10 Å². The van der Waals surface area contributed by atoms with Crippen LogP contribution in [0.15, 0.2) is 47.6 Å². The molecule has 7 heteroatoms. The van der Waals surface area contributed by atoms with Crippen molar-refractivity contribution in [3.8, 4) is 5.75 Å². The van der Waals surface area contributed by atoms with Gasteiger partial charge < -0.3 is 5.11 Å². The van der Waals surface area contributed by atoms with E-state index in [4.69, 9.17) is 0 Å². The van der Waals surface area contributed by atoms with E-state index in [0.29, 0.717) is 0 Å². The first-order valence-electron chi connectivity index (χ1n) is 8.05. The summed E-state index contributed by atoms with van der Waals surface area (Å²) in [5, 5.41) is 24.2. The SMILES string of the molecule is CC(C)(C)c1ccc(CC(=O)N/N=C/c2cc([N+](=O)[O-])ccc2O)cc1. The zero-order chi connectivity index (χ0) is 19.3. The summed E-state index contributed by atoms with van der Waals surface area (Å²) in [6.45, 7) is 6.35. The molecule has 26 heavy (non-hydrogen) atoms. The van der Waals surface area contributed by atoms with E-state index in [9.17, 15) is 20.0 Å². The summed E-state index contributed by atoms with van der Waals surface area (Å²) in [5.41, 5.74) is 4.40. The van der Waals surface area contributed by atoms with E-state index in [1.54, 1.807) is 0 Å². The fraction of sp³-hybridized carbons (Fsp3) is 0.263. The van der Waals surface area contributed by atoms with Crippen molar-refractivity contribution < 1.29 is 14.8 Å². The Morgan fingerprint density at radius 1 is 1.23 bits per heavy atom. The van der Waals surface area contributed by atoms with Crippen LogP contribution < -0.4 is 5.43 Å². The molecule has 0 aliphatic heterocycles. The van der Waals surface area contributed by atoms with Crippen LogP contribution >= 0.6 is 0 Å². The Morgan fingerprint density at radius 2 is 1.88 bits per heavy atom. The normalized spacial score (nSPS) is 11.5. The van der Waals surface area contributed by atoms with Crippen LogP contribution in [0.4, 0.5) is 5.69 Å². The Kier molecular flexibility index (Phi) is 5.71. The van der Waals surface area contributed by atoms with Crippen LogP contribution in [0.5, 0.6) is 5.75 Å². The number of non-ortho nitro benzene ring substituents is 1. The van der Waals surface area contributed by atoms with Gasteiger partial charge in [0.25, 0.3) is 5.69 Å². The van der Waals surface area contributed by atoms with E-state index < -0.39 is 4.92 Å². The molecule has 0 aliphatic carbocycles. The van der Waals surface area contributed by atoms with Gasteiger partial charge in [0.15, 0.2) is 0 Å². The minimum absolute atomic E-state index is 0.0470. The second-order valence-electron chi connectivity index (χ2n) is 6.92. The molecule has 2 aromatic rings. The van der Waals surface area contributed by atoms with Gasteiger partial charge in [0.2, 0.25) is 5.91 Å². The topological polar surface area (TPSA) is 105 Å². The molecule has 0 fully saturated rings. The summed E-state index contributed by atoms with van der Waals surface area (Å²) >= 11 is 0. The van der Waals surface area contributed by atoms with Gasteiger partial charge in [0, 0.05) is 17.7 Å². The molecule has 0 heterocycles. The minimum atomic E-state index is -0.573. The monoisotopic (exact) mass is 355 g/mol. The van der Waals surface area contributed by atoms with Gasteiger partial charge in [-0.1, -0.05) is 45.0 Å². The number of hydrazone groups is 1. The van der Waals surface area contributed by atoms with Crippen LogP contribution in [-0.4, -0.2) is 22.2 Å². The minimum Gasteiger partial charge on any atom is -0.507 e. The first-order valence-corrected chi connectivity index (χ1v) is 8.05. The number of amides is 1. The summed E-state index contributed by atoms with van der Waals surface area (Å²) < 4.78 is 0. The molecule has 136 valence electrons. The van der Waals surface area contributed by atoms with Gasteiger partial charge in [0.05, 0.1) is 17.6 Å². The van der Waals surface area contributed by atoms with Crippen LogP contribution in [0.25, 0.3) is 0 Å². The summed E-state index contributed by atoms with van der Waals surface area (Å²) in [4.78, 5) is 22.1. The molecule has 2 rings (SSSR count). The third-order valence-electron chi connectivity index (χ3n) is 3.80. The number of carbonyl (C=O) groups excluding carboxylic acids is 1. The number of phenols is 1. The lowest BCUT2D eigenvalue weighted by Crippen LogP contribution is -2.20. The number of phenolic OH excluding ortho intramolecular Hbond substituents is 1. The van der Waals surface area contributed by atoms with Crippen LogP contribution in [0.3, 0.4) is 0 Å². The number of nitrogens with zero attached hydrogens (tertiary/aromatic N) is 2. The Labute approximate surface area is 151 Å². The number of rotatable bonds is 5. The van der Waals surface area contributed by atoms with Crippen LogP contribution in [0, 0.1) is 10.1 Å². The van der Waals surface area contributed by atoms with Crippen molar-refractivity contribution in [2.45, 2.75) is 32.6 Å². The molecule has 1 amide bonds. The largest absolute Gasteiger partial charge is 0.507 e. The van der Waals surface area contributed by atoms with Gasteiger partial charge in [-0.3, -0.25) is 14.9 Å². The van der Waals surface area contributed by atoms with Crippen molar-refractivity contribution in [2.75, 3.05) is 0 Å². The van der Waals surface area contributed by atoms with Crippen molar-refractivity contribution in [1.29, 1.82) is 0 Å². The smallest absolute Gasteiger partial charge is 0.270 e. The lowest BCUT2D eigenvalue weighted by Gasteiger charge is -2.19. The van der Waals surface area contributed by atoms with E-state index >= 15 is 0 Å². The van der Waals surface area contributed by atoms with Gasteiger partial charge in [-0.15, -0.1) is 0 Å². The quantitative estimate of drug-likeness (QED) is 0.488. The predicted molar refractivity (Wildman–Crippen MR) is 99.3 cm³/mol. The number of hydrogen-bond acceptors (Lipinski definition) is 5. The first kappa shape index (κ1) is 19.1. The van der Waals surface area contributed by atoms with E-state index in [-0.39, 0.29) is 34.7 Å². The number of nitrogens with one attached hydrogen (secondary N) is 1. The maximum atomic E-state index is 11.9. The third-order valence-corrected chi connectivity index (χ3v) is 3.80. The molecule has 0 spiro atoms. The highest BCUT2D eigenvalue weighted by molar-refractivity contribution is 5.86. The molecular formula is C19H21N3O4. The summed E-state index contributed by atoms with van der Waals surface area (Å²) in [5.74, 6) is -0.485. The molecule has 2 aromatic carbocycles. The van der Waals surface area contributed by atoms with Crippen LogP contribution in [0.1, 0.15) is 37.5 Å². The number of aromatic hydroxyl groups is 1. The van der Waals surface area contributed by atoms with Gasteiger partial charge >= 0.3 is 0 Å². The Bertz CT molecular complexity index is 837. The van der Waals surface area contributed by atoms with Crippen LogP contribution in [-0.2, 0) is 16.6 Å². The summed E-state index contributed by atoms with van der Waals surface area (Å²) in [6, 6.07) is 11.4. The maximum Gasteiger partial charge on any atom is 0.270 e. The van der Waals surface area contributed by atoms with Gasteiger partial charge in [-0.05, 0) is 22.6 Å². The highest BCUT2D eigenvalue weighted by atomic mass is 16.6. The first-order chi connectivity index (χ1) is 12.2. The van der Waals surface area contributed by atoms with E-state index in [1.165, 1.54) is 30.0 Å². The van der Waals surface area contributed by atoms with E-state index in [2.05, 4.69) is 31.3 Å². The van der Waals surface area contributed by atoms with Crippen molar-refractivity contribution in [2.24, 2.45) is 5.10 Å². The average molecular weight is 355 g/mol. The lowest BCUT2D eigenvalue weighted by atomic mass is 9.86. The van der Waals surface area contributed by atoms with E-state index in [0.717, 1.165) is 5.56 Å². The molecule has 7 nitrogen and oxygen atoms in total. The zero-order valence-electron chi connectivity index (χ0n) is 14.9. The number of carbonyl (C=O) groups is 1. The molecular weight excluding hydrogens is 334 g/mol. The number of nitro benzene ring substituents is 1. The highest BCUT2D eigenvalue weighted by Gasteiger charge is 2.13. The number of benzene rings is 2. The predicted octanol–water partition coefficient (Wildman–Crippen LogP) is 3.29. The Morgan fingerprint density at radius 3 is 2.46 bits per heavy atom. The molecule has 0 aromatic heterocycles. The standard InChI is InChI=1S/C19H21N3O4/c1-19(2,3)15-6-4-13(5-7-15)10-18(24)21-20-12-14-11-16(22(25)26)8-9-17(14)23/h4-9,11-12,23H,10H2,1-3H3,(H,21,24)/b20-12+. The molecule has 0 aliphatic rings. The maximum absolute atomic E-state index is 11.9. The second kappa shape index (κ2) is 7.77. The van der Waals surface area contributed by atoms with E-state index in [1.807, 2.05) is 24.3 Å². The number of nitro groups is 1. The molecule has 2 N–H and O–H groups in total. The molecule has 0 saturated carbocycles. The molecule has 0 unspecified atom stereocenters. The zero-order valence-corrected chi connectivity index (χ0v) is 14.9. The van der Waals surface area contributed by atoms with Crippen LogP contribution in [0.2, 0.25) is 0 Å². The third kappa shape index (κ3) is 5.14. The molecule has 0 saturated heterocycles. The fourth-order valence-electron chi connectivity index (χ4n) is 2.28. The van der Waals surface area contributed by atoms with Crippen molar-refractivity contribution in [1.82, 2.24) is 5.43 Å². The molecule has 0 bridgehead atoms. The highest BCUT2D eigenvalue weighted by Crippen LogP contribution is 2.22. The van der Waals surface area contributed by atoms with Crippen molar-refractivity contribution in [3.05, 3.63) is 69.3 Å².